The number of carbonyl (C=O) groups excluding carboxylic acids is 2. The minimum absolute atomic E-state index is 0.000193. The van der Waals surface area contributed by atoms with Crippen molar-refractivity contribution in [3.8, 4) is 11.3 Å². The number of fused-ring (bicyclic) bond motifs is 1. The van der Waals surface area contributed by atoms with Gasteiger partial charge in [0.2, 0.25) is 5.91 Å². The summed E-state index contributed by atoms with van der Waals surface area (Å²) in [6, 6.07) is 11.0. The van der Waals surface area contributed by atoms with Crippen LogP contribution in [0.2, 0.25) is 0 Å². The molecule has 5 rings (SSSR count). The van der Waals surface area contributed by atoms with E-state index in [4.69, 9.17) is 10.7 Å². The van der Waals surface area contributed by atoms with Crippen molar-refractivity contribution >= 4 is 22.8 Å². The molecule has 2 fully saturated rings. The fourth-order valence-electron chi connectivity index (χ4n) is 6.17. The molecule has 5 unspecified atom stereocenters. The Morgan fingerprint density at radius 2 is 1.93 bits per heavy atom. The van der Waals surface area contributed by atoms with Crippen LogP contribution >= 0.6 is 0 Å². The first-order valence-electron chi connectivity index (χ1n) is 14.8. The van der Waals surface area contributed by atoms with Crippen LogP contribution < -0.4 is 21.7 Å². The number of amides is 2. The number of hydrogen-bond acceptors (Lipinski definition) is 6. The maximum Gasteiger partial charge on any atom is 0.252 e. The Morgan fingerprint density at radius 3 is 2.62 bits per heavy atom. The monoisotopic (exact) mass is 545 g/mol. The highest BCUT2D eigenvalue weighted by atomic mass is 16.2. The molecule has 5 atom stereocenters. The fourth-order valence-corrected chi connectivity index (χ4v) is 6.17. The van der Waals surface area contributed by atoms with Crippen molar-refractivity contribution in [2.75, 3.05) is 6.54 Å². The Labute approximate surface area is 236 Å². The molecule has 1 aliphatic heterocycles. The van der Waals surface area contributed by atoms with Crippen LogP contribution in [0.3, 0.4) is 0 Å². The number of carbonyl (C=O) groups is 2. The zero-order chi connectivity index (χ0) is 28.4. The fraction of sp³-hybridized carbons (Fsp3) is 0.548. The summed E-state index contributed by atoms with van der Waals surface area (Å²) < 4.78 is 1.85. The van der Waals surface area contributed by atoms with Gasteiger partial charge >= 0.3 is 0 Å². The van der Waals surface area contributed by atoms with Crippen LogP contribution in [0.5, 0.6) is 0 Å². The summed E-state index contributed by atoms with van der Waals surface area (Å²) in [5, 5.41) is 14.9. The summed E-state index contributed by atoms with van der Waals surface area (Å²) in [4.78, 5) is 31.0. The van der Waals surface area contributed by atoms with E-state index >= 15 is 0 Å². The first kappa shape index (κ1) is 28.2. The van der Waals surface area contributed by atoms with Crippen molar-refractivity contribution in [1.29, 1.82) is 0 Å². The summed E-state index contributed by atoms with van der Waals surface area (Å²) in [7, 11) is 0. The minimum atomic E-state index is -0.250. The van der Waals surface area contributed by atoms with Crippen LogP contribution in [0.1, 0.15) is 81.8 Å². The van der Waals surface area contributed by atoms with Crippen LogP contribution in [0, 0.1) is 11.8 Å². The number of benzene rings is 1. The number of hydrogen-bond donors (Lipinski definition) is 4. The molecule has 5 N–H and O–H groups in total. The number of nitrogens with two attached hydrogens (primary N) is 1. The first-order chi connectivity index (χ1) is 19.2. The molecule has 40 heavy (non-hydrogen) atoms. The van der Waals surface area contributed by atoms with Crippen molar-refractivity contribution in [3.05, 3.63) is 47.7 Å². The molecule has 9 heteroatoms. The van der Waals surface area contributed by atoms with E-state index in [0.717, 1.165) is 31.4 Å². The van der Waals surface area contributed by atoms with Gasteiger partial charge in [-0.3, -0.25) is 9.59 Å². The van der Waals surface area contributed by atoms with E-state index in [-0.39, 0.29) is 41.8 Å². The molecule has 9 nitrogen and oxygen atoms in total. The summed E-state index contributed by atoms with van der Waals surface area (Å²) in [5.74, 6) is -0.276. The number of nitrogens with zero attached hydrogens (tertiary/aromatic N) is 3. The van der Waals surface area contributed by atoms with Gasteiger partial charge in [-0.2, -0.15) is 5.10 Å². The molecular weight excluding hydrogens is 502 g/mol. The third-order valence-electron chi connectivity index (χ3n) is 8.56. The largest absolute Gasteiger partial charge is 0.353 e. The highest BCUT2D eigenvalue weighted by molar-refractivity contribution is 6.06. The van der Waals surface area contributed by atoms with Crippen LogP contribution in [0.4, 0.5) is 0 Å². The summed E-state index contributed by atoms with van der Waals surface area (Å²) >= 11 is 0. The Morgan fingerprint density at radius 1 is 1.18 bits per heavy atom. The second-order valence-corrected chi connectivity index (χ2v) is 12.0. The van der Waals surface area contributed by atoms with Crippen molar-refractivity contribution < 1.29 is 9.59 Å². The van der Waals surface area contributed by atoms with Crippen molar-refractivity contribution in [2.45, 2.75) is 90.5 Å². The molecule has 214 valence electrons. The van der Waals surface area contributed by atoms with E-state index in [1.54, 1.807) is 6.20 Å². The third-order valence-corrected chi connectivity index (χ3v) is 8.56. The minimum Gasteiger partial charge on any atom is -0.353 e. The van der Waals surface area contributed by atoms with Gasteiger partial charge in [0, 0.05) is 42.8 Å². The van der Waals surface area contributed by atoms with Crippen LogP contribution in [-0.4, -0.2) is 51.2 Å². The number of rotatable bonds is 8. The zero-order valence-electron chi connectivity index (χ0n) is 24.1. The quantitative estimate of drug-likeness (QED) is 0.340. The van der Waals surface area contributed by atoms with E-state index in [0.29, 0.717) is 34.9 Å². The smallest absolute Gasteiger partial charge is 0.252 e. The van der Waals surface area contributed by atoms with Crippen LogP contribution in [0.15, 0.2) is 36.5 Å². The van der Waals surface area contributed by atoms with Gasteiger partial charge in [0.25, 0.3) is 5.91 Å². The second-order valence-electron chi connectivity index (χ2n) is 12.0. The molecule has 3 aromatic rings. The maximum absolute atomic E-state index is 13.5. The highest BCUT2D eigenvalue weighted by Gasteiger charge is 2.32. The van der Waals surface area contributed by atoms with Gasteiger partial charge in [-0.15, -0.1) is 0 Å². The van der Waals surface area contributed by atoms with E-state index in [1.807, 2.05) is 31.5 Å². The lowest BCUT2D eigenvalue weighted by molar-refractivity contribution is -0.129. The number of nitrogens with one attached hydrogen (secondary N) is 3. The Kier molecular flexibility index (Phi) is 8.51. The van der Waals surface area contributed by atoms with Gasteiger partial charge in [0.1, 0.15) is 0 Å². The van der Waals surface area contributed by atoms with Gasteiger partial charge in [0.15, 0.2) is 5.65 Å². The van der Waals surface area contributed by atoms with Gasteiger partial charge in [-0.1, -0.05) is 44.0 Å². The number of piperidine rings is 1. The molecule has 1 aromatic carbocycles. The molecule has 2 aliphatic rings. The lowest BCUT2D eigenvalue weighted by atomic mass is 9.84. The summed E-state index contributed by atoms with van der Waals surface area (Å²) in [5.41, 5.74) is 10.3. The van der Waals surface area contributed by atoms with E-state index in [1.165, 1.54) is 18.4 Å². The molecular formula is C31H43N7O2. The molecule has 2 amide bonds. The van der Waals surface area contributed by atoms with Gasteiger partial charge in [-0.25, -0.2) is 9.67 Å². The molecule has 1 saturated carbocycles. The lowest BCUT2D eigenvalue weighted by Crippen LogP contribution is -2.50. The molecule has 0 radical (unpaired) electrons. The van der Waals surface area contributed by atoms with Gasteiger partial charge in [0.05, 0.1) is 28.8 Å². The summed E-state index contributed by atoms with van der Waals surface area (Å²) in [6.45, 7) is 9.24. The van der Waals surface area contributed by atoms with Gasteiger partial charge < -0.3 is 21.7 Å². The Bertz CT molecular complexity index is 1350. The van der Waals surface area contributed by atoms with E-state index in [2.05, 4.69) is 52.2 Å². The first-order valence-corrected chi connectivity index (χ1v) is 14.8. The van der Waals surface area contributed by atoms with E-state index in [9.17, 15) is 9.59 Å². The predicted octanol–water partition coefficient (Wildman–Crippen LogP) is 3.93. The SMILES string of the molecule is CC1CC(C)C(CNC(=O)c2cc(-c3ccc(CNC4CCCCC4N)cc3)nc3c2cnn3C(C)C)C(=O)N1. The van der Waals surface area contributed by atoms with Crippen LogP contribution in [0.25, 0.3) is 22.3 Å². The number of aromatic nitrogens is 3. The standard InChI is InChI=1S/C31H43N7O2/c1-18(2)38-29-25(17-35-38)23(30(39)34-16-24-19(3)13-20(4)36-31(24)40)14-28(37-29)22-11-9-21(10-12-22)15-33-27-8-6-5-7-26(27)32/h9-12,14,17-20,24,26-27,33H,5-8,13,15-16,32H2,1-4H3,(H,34,39)(H,36,40). The van der Waals surface area contributed by atoms with Crippen molar-refractivity contribution in [1.82, 2.24) is 30.7 Å². The summed E-state index contributed by atoms with van der Waals surface area (Å²) in [6.07, 6.45) is 7.27. The molecule has 2 aromatic heterocycles. The average Bonchev–Trinajstić information content (AvgIpc) is 3.36. The number of pyridine rings is 1. The van der Waals surface area contributed by atoms with Gasteiger partial charge in [-0.05, 0) is 57.6 Å². The molecule has 1 saturated heterocycles. The Balaban J connectivity index is 1.37. The predicted molar refractivity (Wildman–Crippen MR) is 158 cm³/mol. The molecule has 0 bridgehead atoms. The zero-order valence-corrected chi connectivity index (χ0v) is 24.1. The Hall–Kier alpha value is -3.30. The molecule has 0 spiro atoms. The van der Waals surface area contributed by atoms with Crippen molar-refractivity contribution in [2.24, 2.45) is 17.6 Å². The molecule has 3 heterocycles. The average molecular weight is 546 g/mol. The highest BCUT2D eigenvalue weighted by Crippen LogP contribution is 2.28. The molecule has 1 aliphatic carbocycles. The van der Waals surface area contributed by atoms with E-state index < -0.39 is 0 Å². The van der Waals surface area contributed by atoms with Crippen LogP contribution in [-0.2, 0) is 11.3 Å². The third kappa shape index (κ3) is 6.05. The topological polar surface area (TPSA) is 127 Å². The maximum atomic E-state index is 13.5. The van der Waals surface area contributed by atoms with Crippen molar-refractivity contribution in [3.63, 3.8) is 0 Å². The lowest BCUT2D eigenvalue weighted by Gasteiger charge is -2.32. The second kappa shape index (κ2) is 12.1. The normalized spacial score (nSPS) is 25.2.